The largest absolute Gasteiger partial charge is 0.325 e. The molecule has 130 valence electrons. The highest BCUT2D eigenvalue weighted by Crippen LogP contribution is 2.23. The van der Waals surface area contributed by atoms with Crippen molar-refractivity contribution in [1.29, 1.82) is 0 Å². The molecule has 1 fully saturated rings. The number of anilines is 2. The molecule has 2 amide bonds. The zero-order chi connectivity index (χ0) is 17.6. The molecule has 2 aromatic carbocycles. The molecule has 25 heavy (non-hydrogen) atoms. The molecule has 0 saturated carbocycles. The van der Waals surface area contributed by atoms with Crippen molar-refractivity contribution in [3.05, 3.63) is 60.2 Å². The summed E-state index contributed by atoms with van der Waals surface area (Å²) in [6, 6.07) is 17.5. The van der Waals surface area contributed by atoms with E-state index in [0.717, 1.165) is 30.9 Å². The Kier molecular flexibility index (Phi) is 5.46. The van der Waals surface area contributed by atoms with Crippen LogP contribution in [-0.4, -0.2) is 36.9 Å². The zero-order valence-electron chi connectivity index (χ0n) is 14.4. The Labute approximate surface area is 148 Å². The Balaban J connectivity index is 1.51. The summed E-state index contributed by atoms with van der Waals surface area (Å²) in [5, 5.41) is 2.90. The molecule has 1 saturated heterocycles. The van der Waals surface area contributed by atoms with Gasteiger partial charge in [-0.3, -0.25) is 14.5 Å². The van der Waals surface area contributed by atoms with Crippen LogP contribution >= 0.6 is 0 Å². The van der Waals surface area contributed by atoms with Crippen molar-refractivity contribution in [3.63, 3.8) is 0 Å². The highest BCUT2D eigenvalue weighted by Gasteiger charge is 2.21. The number of carbonyl (C=O) groups is 2. The SMILES string of the molecule is CN(CC(=O)Nc1ccc(N2CCCC2=O)cc1)Cc1ccccc1. The van der Waals surface area contributed by atoms with Crippen LogP contribution in [0.25, 0.3) is 0 Å². The van der Waals surface area contributed by atoms with Gasteiger partial charge in [0.05, 0.1) is 6.54 Å². The van der Waals surface area contributed by atoms with E-state index in [1.54, 1.807) is 4.90 Å². The summed E-state index contributed by atoms with van der Waals surface area (Å²) in [7, 11) is 1.93. The molecule has 3 rings (SSSR count). The lowest BCUT2D eigenvalue weighted by Gasteiger charge is -2.18. The van der Waals surface area contributed by atoms with Gasteiger partial charge in [0.1, 0.15) is 0 Å². The van der Waals surface area contributed by atoms with E-state index in [4.69, 9.17) is 0 Å². The van der Waals surface area contributed by atoms with Gasteiger partial charge in [-0.25, -0.2) is 0 Å². The second-order valence-corrected chi connectivity index (χ2v) is 6.40. The molecule has 0 aromatic heterocycles. The predicted octanol–water partition coefficient (Wildman–Crippen LogP) is 2.88. The third kappa shape index (κ3) is 4.67. The van der Waals surface area contributed by atoms with Crippen LogP contribution in [0.2, 0.25) is 0 Å². The number of amides is 2. The van der Waals surface area contributed by atoms with E-state index in [-0.39, 0.29) is 11.8 Å². The molecule has 0 bridgehead atoms. The molecule has 0 unspecified atom stereocenters. The lowest BCUT2D eigenvalue weighted by atomic mass is 10.2. The normalized spacial score (nSPS) is 14.2. The first-order valence-corrected chi connectivity index (χ1v) is 8.54. The lowest BCUT2D eigenvalue weighted by molar-refractivity contribution is -0.117. The molecule has 2 aromatic rings. The van der Waals surface area contributed by atoms with Gasteiger partial charge in [-0.1, -0.05) is 30.3 Å². The minimum atomic E-state index is -0.0524. The summed E-state index contributed by atoms with van der Waals surface area (Å²) in [4.78, 5) is 27.7. The Bertz CT molecular complexity index is 728. The number of likely N-dealkylation sites (N-methyl/N-ethyl adjacent to an activating group) is 1. The van der Waals surface area contributed by atoms with Gasteiger partial charge in [0.15, 0.2) is 0 Å². The predicted molar refractivity (Wildman–Crippen MR) is 99.4 cm³/mol. The van der Waals surface area contributed by atoms with E-state index in [1.165, 1.54) is 5.56 Å². The number of hydrogen-bond acceptors (Lipinski definition) is 3. The summed E-state index contributed by atoms with van der Waals surface area (Å²) < 4.78 is 0. The third-order valence-electron chi connectivity index (χ3n) is 4.24. The number of hydrogen-bond donors (Lipinski definition) is 1. The van der Waals surface area contributed by atoms with E-state index in [2.05, 4.69) is 5.32 Å². The number of carbonyl (C=O) groups excluding carboxylic acids is 2. The topological polar surface area (TPSA) is 52.7 Å². The van der Waals surface area contributed by atoms with Crippen LogP contribution in [0.5, 0.6) is 0 Å². The molecule has 5 nitrogen and oxygen atoms in total. The van der Waals surface area contributed by atoms with Crippen LogP contribution in [-0.2, 0) is 16.1 Å². The van der Waals surface area contributed by atoms with Crippen LogP contribution in [0.4, 0.5) is 11.4 Å². The van der Waals surface area contributed by atoms with E-state index in [0.29, 0.717) is 13.0 Å². The first-order chi connectivity index (χ1) is 12.1. The summed E-state index contributed by atoms with van der Waals surface area (Å²) in [5.41, 5.74) is 2.81. The van der Waals surface area contributed by atoms with Crippen molar-refractivity contribution in [1.82, 2.24) is 4.90 Å². The molecule has 0 radical (unpaired) electrons. The molecule has 0 atom stereocenters. The van der Waals surface area contributed by atoms with E-state index >= 15 is 0 Å². The zero-order valence-corrected chi connectivity index (χ0v) is 14.4. The fraction of sp³-hybridized carbons (Fsp3) is 0.300. The van der Waals surface area contributed by atoms with E-state index in [9.17, 15) is 9.59 Å². The Morgan fingerprint density at radius 2 is 1.84 bits per heavy atom. The molecule has 1 aliphatic rings. The number of rotatable bonds is 6. The standard InChI is InChI=1S/C20H23N3O2/c1-22(14-16-6-3-2-4-7-16)15-19(24)21-17-9-11-18(12-10-17)23-13-5-8-20(23)25/h2-4,6-7,9-12H,5,8,13-15H2,1H3,(H,21,24). The molecular weight excluding hydrogens is 314 g/mol. The maximum atomic E-state index is 12.2. The monoisotopic (exact) mass is 337 g/mol. The van der Waals surface area contributed by atoms with Crippen molar-refractivity contribution in [2.45, 2.75) is 19.4 Å². The second kappa shape index (κ2) is 7.94. The molecular formula is C20H23N3O2. The van der Waals surface area contributed by atoms with Gasteiger partial charge in [-0.05, 0) is 43.3 Å². The highest BCUT2D eigenvalue weighted by molar-refractivity contribution is 5.96. The van der Waals surface area contributed by atoms with E-state index in [1.807, 2.05) is 66.5 Å². The molecule has 1 aliphatic heterocycles. The smallest absolute Gasteiger partial charge is 0.238 e. The first-order valence-electron chi connectivity index (χ1n) is 8.54. The van der Waals surface area contributed by atoms with Crippen molar-refractivity contribution < 1.29 is 9.59 Å². The van der Waals surface area contributed by atoms with Gasteiger partial charge in [0, 0.05) is 30.9 Å². The van der Waals surface area contributed by atoms with Gasteiger partial charge >= 0.3 is 0 Å². The lowest BCUT2D eigenvalue weighted by Crippen LogP contribution is -2.29. The number of nitrogens with zero attached hydrogens (tertiary/aromatic N) is 2. The maximum Gasteiger partial charge on any atom is 0.238 e. The summed E-state index contributed by atoms with van der Waals surface area (Å²) in [5.74, 6) is 0.114. The molecule has 5 heteroatoms. The van der Waals surface area contributed by atoms with Gasteiger partial charge < -0.3 is 10.2 Å². The summed E-state index contributed by atoms with van der Waals surface area (Å²) >= 11 is 0. The minimum absolute atomic E-state index is 0.0524. The Morgan fingerprint density at radius 3 is 2.48 bits per heavy atom. The number of benzene rings is 2. The van der Waals surface area contributed by atoms with Gasteiger partial charge in [0.25, 0.3) is 0 Å². The van der Waals surface area contributed by atoms with E-state index < -0.39 is 0 Å². The van der Waals surface area contributed by atoms with Crippen molar-refractivity contribution >= 4 is 23.2 Å². The minimum Gasteiger partial charge on any atom is -0.325 e. The highest BCUT2D eigenvalue weighted by atomic mass is 16.2. The molecule has 1 heterocycles. The van der Waals surface area contributed by atoms with Crippen molar-refractivity contribution in [2.24, 2.45) is 0 Å². The van der Waals surface area contributed by atoms with Crippen LogP contribution in [0.15, 0.2) is 54.6 Å². The number of nitrogens with one attached hydrogen (secondary N) is 1. The van der Waals surface area contributed by atoms with Crippen molar-refractivity contribution in [2.75, 3.05) is 30.4 Å². The van der Waals surface area contributed by atoms with Gasteiger partial charge in [-0.15, -0.1) is 0 Å². The average Bonchev–Trinajstić information content (AvgIpc) is 3.02. The maximum absolute atomic E-state index is 12.2. The Morgan fingerprint density at radius 1 is 1.12 bits per heavy atom. The quantitative estimate of drug-likeness (QED) is 0.882. The third-order valence-corrected chi connectivity index (χ3v) is 4.24. The van der Waals surface area contributed by atoms with Gasteiger partial charge in [0.2, 0.25) is 11.8 Å². The fourth-order valence-corrected chi connectivity index (χ4v) is 3.04. The summed E-state index contributed by atoms with van der Waals surface area (Å²) in [6.07, 6.45) is 1.53. The summed E-state index contributed by atoms with van der Waals surface area (Å²) in [6.45, 7) is 1.82. The van der Waals surface area contributed by atoms with Crippen molar-refractivity contribution in [3.8, 4) is 0 Å². The van der Waals surface area contributed by atoms with Crippen LogP contribution < -0.4 is 10.2 Å². The van der Waals surface area contributed by atoms with Gasteiger partial charge in [-0.2, -0.15) is 0 Å². The van der Waals surface area contributed by atoms with Crippen LogP contribution in [0.3, 0.4) is 0 Å². The van der Waals surface area contributed by atoms with Crippen LogP contribution in [0, 0.1) is 0 Å². The first kappa shape index (κ1) is 17.2. The Hall–Kier alpha value is -2.66. The van der Waals surface area contributed by atoms with Crippen LogP contribution in [0.1, 0.15) is 18.4 Å². The fourth-order valence-electron chi connectivity index (χ4n) is 3.04. The second-order valence-electron chi connectivity index (χ2n) is 6.40. The molecule has 0 aliphatic carbocycles. The average molecular weight is 337 g/mol. The molecule has 0 spiro atoms. The molecule has 1 N–H and O–H groups in total.